The zero-order valence-corrected chi connectivity index (χ0v) is 18.0. The molecule has 1 aromatic heterocycles. The van der Waals surface area contributed by atoms with Crippen LogP contribution >= 0.6 is 0 Å². The smallest absolute Gasteiger partial charge is 0.328 e. The van der Waals surface area contributed by atoms with Gasteiger partial charge in [0.25, 0.3) is 5.91 Å². The molecule has 1 amide bonds. The van der Waals surface area contributed by atoms with Gasteiger partial charge in [0.2, 0.25) is 5.75 Å². The number of fused-ring (bicyclic) bond motifs is 1. The van der Waals surface area contributed by atoms with Gasteiger partial charge in [-0.15, -0.1) is 0 Å². The number of methoxy groups -OCH3 is 1. The van der Waals surface area contributed by atoms with Gasteiger partial charge in [-0.05, 0) is 18.1 Å². The van der Waals surface area contributed by atoms with Crippen LogP contribution < -0.4 is 14.8 Å². The van der Waals surface area contributed by atoms with Crippen molar-refractivity contribution in [3.05, 3.63) is 53.3 Å². The number of ether oxygens (including phenoxy) is 3. The molecule has 8 heteroatoms. The van der Waals surface area contributed by atoms with Gasteiger partial charge in [0.05, 0.1) is 7.11 Å². The highest BCUT2D eigenvalue weighted by Crippen LogP contribution is 2.35. The SMILES string of the molecule is CCC(=O)Oc1c(OC)ccnc1C(=O)N[C@@H](C)C(=O)OC1Cc2ccccc2C1C. The van der Waals surface area contributed by atoms with Gasteiger partial charge in [-0.1, -0.05) is 38.1 Å². The van der Waals surface area contributed by atoms with Gasteiger partial charge in [-0.25, -0.2) is 9.78 Å². The monoisotopic (exact) mass is 426 g/mol. The van der Waals surface area contributed by atoms with Gasteiger partial charge in [-0.3, -0.25) is 9.59 Å². The number of benzene rings is 1. The maximum absolute atomic E-state index is 12.8. The maximum Gasteiger partial charge on any atom is 0.328 e. The van der Waals surface area contributed by atoms with E-state index in [4.69, 9.17) is 14.2 Å². The lowest BCUT2D eigenvalue weighted by Gasteiger charge is -2.20. The van der Waals surface area contributed by atoms with Crippen LogP contribution in [0.4, 0.5) is 0 Å². The first-order chi connectivity index (χ1) is 14.8. The molecule has 0 spiro atoms. The van der Waals surface area contributed by atoms with Crippen LogP contribution in [0.5, 0.6) is 11.5 Å². The zero-order valence-electron chi connectivity index (χ0n) is 18.0. The molecule has 1 aromatic carbocycles. The number of nitrogens with zero attached hydrogens (tertiary/aromatic N) is 1. The molecule has 31 heavy (non-hydrogen) atoms. The minimum atomic E-state index is -0.925. The van der Waals surface area contributed by atoms with Crippen molar-refractivity contribution in [3.63, 3.8) is 0 Å². The summed E-state index contributed by atoms with van der Waals surface area (Å²) in [7, 11) is 1.39. The van der Waals surface area contributed by atoms with E-state index >= 15 is 0 Å². The Kier molecular flexibility index (Phi) is 6.89. The van der Waals surface area contributed by atoms with E-state index in [0.717, 1.165) is 5.56 Å². The Hall–Kier alpha value is -3.42. The van der Waals surface area contributed by atoms with Gasteiger partial charge in [-0.2, -0.15) is 0 Å². The second-order valence-electron chi connectivity index (χ2n) is 7.38. The molecule has 8 nitrogen and oxygen atoms in total. The number of esters is 2. The number of carbonyl (C=O) groups excluding carboxylic acids is 3. The van der Waals surface area contributed by atoms with Crippen molar-refractivity contribution in [2.75, 3.05) is 7.11 Å². The van der Waals surface area contributed by atoms with Crippen molar-refractivity contribution in [2.24, 2.45) is 0 Å². The number of hydrogen-bond donors (Lipinski definition) is 1. The quantitative estimate of drug-likeness (QED) is 0.679. The van der Waals surface area contributed by atoms with E-state index in [1.165, 1.54) is 31.9 Å². The Morgan fingerprint density at radius 3 is 2.65 bits per heavy atom. The summed E-state index contributed by atoms with van der Waals surface area (Å²) in [5.41, 5.74) is 2.18. The van der Waals surface area contributed by atoms with Crippen molar-refractivity contribution in [1.82, 2.24) is 10.3 Å². The summed E-state index contributed by atoms with van der Waals surface area (Å²) in [6.45, 7) is 5.18. The molecular weight excluding hydrogens is 400 g/mol. The van der Waals surface area contributed by atoms with Gasteiger partial charge in [0.1, 0.15) is 12.1 Å². The number of carbonyl (C=O) groups is 3. The maximum atomic E-state index is 12.8. The highest BCUT2D eigenvalue weighted by atomic mass is 16.6. The van der Waals surface area contributed by atoms with E-state index in [-0.39, 0.29) is 35.6 Å². The average Bonchev–Trinajstić information content (AvgIpc) is 3.08. The van der Waals surface area contributed by atoms with Crippen molar-refractivity contribution in [3.8, 4) is 11.5 Å². The van der Waals surface area contributed by atoms with E-state index in [1.807, 2.05) is 31.2 Å². The minimum absolute atomic E-state index is 0.0724. The van der Waals surface area contributed by atoms with Crippen LogP contribution in [0, 0.1) is 0 Å². The molecule has 2 unspecified atom stereocenters. The van der Waals surface area contributed by atoms with Crippen molar-refractivity contribution < 1.29 is 28.6 Å². The van der Waals surface area contributed by atoms with Crippen LogP contribution in [-0.4, -0.2) is 42.1 Å². The first-order valence-corrected chi connectivity index (χ1v) is 10.2. The van der Waals surface area contributed by atoms with Gasteiger partial charge >= 0.3 is 11.9 Å². The largest absolute Gasteiger partial charge is 0.493 e. The lowest BCUT2D eigenvalue weighted by molar-refractivity contribution is -0.151. The predicted molar refractivity (Wildman–Crippen MR) is 112 cm³/mol. The van der Waals surface area contributed by atoms with Crippen molar-refractivity contribution >= 4 is 17.8 Å². The standard InChI is InChI=1S/C23H26N2O6/c1-5-19(26)31-21-17(29-4)10-11-24-20(21)22(27)25-14(3)23(28)30-18-12-15-8-6-7-9-16(15)13(18)2/h6-11,13-14,18H,5,12H2,1-4H3,(H,25,27)/t13?,14-,18?/m0/s1. The van der Waals surface area contributed by atoms with E-state index in [1.54, 1.807) is 6.92 Å². The molecule has 0 saturated carbocycles. The first-order valence-electron chi connectivity index (χ1n) is 10.2. The summed E-state index contributed by atoms with van der Waals surface area (Å²) in [5.74, 6) is -1.59. The van der Waals surface area contributed by atoms with Crippen LogP contribution in [-0.2, 0) is 20.7 Å². The minimum Gasteiger partial charge on any atom is -0.493 e. The fourth-order valence-electron chi connectivity index (χ4n) is 3.51. The molecule has 2 aromatic rings. The molecule has 1 heterocycles. The van der Waals surface area contributed by atoms with Crippen LogP contribution in [0.15, 0.2) is 36.5 Å². The highest BCUT2D eigenvalue weighted by Gasteiger charge is 2.33. The number of aromatic nitrogens is 1. The summed E-state index contributed by atoms with van der Waals surface area (Å²) in [6.07, 6.45) is 1.82. The lowest BCUT2D eigenvalue weighted by atomic mass is 10.0. The molecule has 3 rings (SSSR count). The predicted octanol–water partition coefficient (Wildman–Crippen LogP) is 2.80. The molecule has 0 bridgehead atoms. The van der Waals surface area contributed by atoms with E-state index in [0.29, 0.717) is 6.42 Å². The number of amides is 1. The average molecular weight is 426 g/mol. The molecule has 1 N–H and O–H groups in total. The third kappa shape index (κ3) is 4.84. The normalized spacial score (nSPS) is 17.9. The van der Waals surface area contributed by atoms with E-state index in [2.05, 4.69) is 10.3 Å². The van der Waals surface area contributed by atoms with E-state index in [9.17, 15) is 14.4 Å². The summed E-state index contributed by atoms with van der Waals surface area (Å²) in [5, 5.41) is 2.57. The Morgan fingerprint density at radius 2 is 1.97 bits per heavy atom. The van der Waals surface area contributed by atoms with Crippen LogP contribution in [0.3, 0.4) is 0 Å². The molecule has 0 aliphatic heterocycles. The zero-order chi connectivity index (χ0) is 22.5. The topological polar surface area (TPSA) is 104 Å². The van der Waals surface area contributed by atoms with Gasteiger partial charge in [0, 0.05) is 31.0 Å². The number of rotatable bonds is 7. The van der Waals surface area contributed by atoms with Crippen LogP contribution in [0.2, 0.25) is 0 Å². The summed E-state index contributed by atoms with van der Waals surface area (Å²) in [4.78, 5) is 41.2. The second kappa shape index (κ2) is 9.59. The molecule has 1 aliphatic rings. The Bertz CT molecular complexity index is 990. The Balaban J connectivity index is 1.68. The first kappa shape index (κ1) is 22.3. The third-order valence-electron chi connectivity index (χ3n) is 5.30. The third-order valence-corrected chi connectivity index (χ3v) is 5.30. The number of hydrogen-bond acceptors (Lipinski definition) is 7. The van der Waals surface area contributed by atoms with E-state index < -0.39 is 23.9 Å². The second-order valence-corrected chi connectivity index (χ2v) is 7.38. The lowest BCUT2D eigenvalue weighted by Crippen LogP contribution is -2.41. The molecule has 164 valence electrons. The number of pyridine rings is 1. The molecule has 0 radical (unpaired) electrons. The highest BCUT2D eigenvalue weighted by molar-refractivity contribution is 5.98. The van der Waals surface area contributed by atoms with Crippen molar-refractivity contribution in [2.45, 2.75) is 51.7 Å². The van der Waals surface area contributed by atoms with Gasteiger partial charge < -0.3 is 19.5 Å². The molecule has 0 saturated heterocycles. The molecule has 3 atom stereocenters. The van der Waals surface area contributed by atoms with Gasteiger partial charge in [0.15, 0.2) is 11.4 Å². The fraction of sp³-hybridized carbons (Fsp3) is 0.391. The molecular formula is C23H26N2O6. The number of nitrogens with one attached hydrogen (secondary N) is 1. The molecule has 0 fully saturated rings. The fourth-order valence-corrected chi connectivity index (χ4v) is 3.51. The van der Waals surface area contributed by atoms with Crippen LogP contribution in [0.25, 0.3) is 0 Å². The summed E-state index contributed by atoms with van der Waals surface area (Å²) < 4.78 is 16.1. The molecule has 1 aliphatic carbocycles. The Labute approximate surface area is 180 Å². The summed E-state index contributed by atoms with van der Waals surface area (Å²) >= 11 is 0. The van der Waals surface area contributed by atoms with Crippen LogP contribution in [0.1, 0.15) is 54.7 Å². The Morgan fingerprint density at radius 1 is 1.23 bits per heavy atom. The summed E-state index contributed by atoms with van der Waals surface area (Å²) in [6, 6.07) is 8.54. The van der Waals surface area contributed by atoms with Crippen molar-refractivity contribution in [1.29, 1.82) is 0 Å².